The summed E-state index contributed by atoms with van der Waals surface area (Å²) in [4.78, 5) is 2.54. The van der Waals surface area contributed by atoms with Gasteiger partial charge in [0.2, 0.25) is 0 Å². The van der Waals surface area contributed by atoms with E-state index in [0.29, 0.717) is 5.92 Å². The van der Waals surface area contributed by atoms with Crippen LogP contribution in [0.25, 0.3) is 0 Å². The van der Waals surface area contributed by atoms with Crippen molar-refractivity contribution in [3.8, 4) is 5.75 Å². The van der Waals surface area contributed by atoms with E-state index in [-0.39, 0.29) is 11.5 Å². The molecule has 28 heavy (non-hydrogen) atoms. The minimum absolute atomic E-state index is 0.0736. The lowest BCUT2D eigenvalue weighted by molar-refractivity contribution is -0.0226. The Balaban J connectivity index is 1.25. The maximum atomic E-state index is 10.6. The number of ether oxygens (including phenoxy) is 1. The molecule has 3 fully saturated rings. The molecule has 1 N–H and O–H groups in total. The predicted octanol–water partition coefficient (Wildman–Crippen LogP) is 4.77. The third-order valence-electron chi connectivity index (χ3n) is 8.77. The Bertz CT molecular complexity index is 698. The fourth-order valence-electron chi connectivity index (χ4n) is 7.10. The van der Waals surface area contributed by atoms with E-state index in [9.17, 15) is 5.11 Å². The van der Waals surface area contributed by atoms with Crippen LogP contribution in [0.4, 0.5) is 0 Å². The second kappa shape index (κ2) is 7.65. The fraction of sp³-hybridized carbons (Fsp3) is 0.760. The second-order valence-electron chi connectivity index (χ2n) is 10.2. The van der Waals surface area contributed by atoms with E-state index in [1.54, 1.807) is 5.56 Å². The highest BCUT2D eigenvalue weighted by atomic mass is 16.5. The van der Waals surface area contributed by atoms with Crippen LogP contribution in [0.2, 0.25) is 0 Å². The minimum atomic E-state index is -0.0736. The summed E-state index contributed by atoms with van der Waals surface area (Å²) in [6.45, 7) is 6.71. The van der Waals surface area contributed by atoms with Crippen molar-refractivity contribution in [3.63, 3.8) is 0 Å². The van der Waals surface area contributed by atoms with Gasteiger partial charge in [-0.15, -0.1) is 0 Å². The fourth-order valence-corrected chi connectivity index (χ4v) is 7.10. The molecule has 0 radical (unpaired) electrons. The zero-order valence-corrected chi connectivity index (χ0v) is 17.5. The number of fused-ring (bicyclic) bond motifs is 5. The minimum Gasteiger partial charge on any atom is -0.492 e. The summed E-state index contributed by atoms with van der Waals surface area (Å²) in [7, 11) is 0. The Morgan fingerprint density at radius 2 is 1.96 bits per heavy atom. The van der Waals surface area contributed by atoms with Crippen molar-refractivity contribution in [2.24, 2.45) is 17.3 Å². The van der Waals surface area contributed by atoms with Crippen molar-refractivity contribution in [2.75, 3.05) is 26.2 Å². The molecule has 154 valence electrons. The summed E-state index contributed by atoms with van der Waals surface area (Å²) in [6, 6.07) is 6.92. The number of aliphatic hydroxyl groups is 1. The van der Waals surface area contributed by atoms with E-state index < -0.39 is 0 Å². The molecule has 0 unspecified atom stereocenters. The Kier molecular flexibility index (Phi) is 5.17. The maximum absolute atomic E-state index is 10.6. The van der Waals surface area contributed by atoms with E-state index in [2.05, 4.69) is 30.0 Å². The molecule has 0 aromatic heterocycles. The van der Waals surface area contributed by atoms with Gasteiger partial charge in [0.15, 0.2) is 0 Å². The molecule has 1 aromatic carbocycles. The first-order chi connectivity index (χ1) is 13.6. The summed E-state index contributed by atoms with van der Waals surface area (Å²) < 4.78 is 6.14. The van der Waals surface area contributed by atoms with Crippen LogP contribution >= 0.6 is 0 Å². The molecule has 3 heteroatoms. The standard InChI is InChI=1S/C25H37NO2/c1-25-12-11-21-20-8-6-19(28-16-15-26-13-3-2-4-14-26)17-18(20)5-7-22(21)23(25)9-10-24(25)27/h6,8,17,21-24,27H,2-5,7,9-16H2,1H3/t21-,22-,23+,24+,25+/m1/s1. The van der Waals surface area contributed by atoms with E-state index in [0.717, 1.165) is 37.2 Å². The van der Waals surface area contributed by atoms with Gasteiger partial charge in [0, 0.05) is 6.54 Å². The van der Waals surface area contributed by atoms with Crippen LogP contribution in [-0.4, -0.2) is 42.4 Å². The number of benzene rings is 1. The zero-order chi connectivity index (χ0) is 19.1. The monoisotopic (exact) mass is 383 g/mol. The Morgan fingerprint density at radius 1 is 1.11 bits per heavy atom. The van der Waals surface area contributed by atoms with Gasteiger partial charge in [-0.05, 0) is 111 Å². The van der Waals surface area contributed by atoms with Crippen molar-refractivity contribution < 1.29 is 9.84 Å². The van der Waals surface area contributed by atoms with Crippen molar-refractivity contribution in [1.82, 2.24) is 4.90 Å². The van der Waals surface area contributed by atoms with Crippen LogP contribution < -0.4 is 4.74 Å². The lowest BCUT2D eigenvalue weighted by atomic mass is 9.55. The number of hydrogen-bond acceptors (Lipinski definition) is 3. The number of likely N-dealkylation sites (tertiary alicyclic amines) is 1. The lowest BCUT2D eigenvalue weighted by Gasteiger charge is -2.50. The van der Waals surface area contributed by atoms with Crippen LogP contribution in [-0.2, 0) is 6.42 Å². The van der Waals surface area contributed by atoms with Gasteiger partial charge in [0.25, 0.3) is 0 Å². The smallest absolute Gasteiger partial charge is 0.119 e. The number of hydrogen-bond donors (Lipinski definition) is 1. The molecule has 0 spiro atoms. The highest BCUT2D eigenvalue weighted by molar-refractivity contribution is 5.40. The van der Waals surface area contributed by atoms with Gasteiger partial charge in [0.05, 0.1) is 6.10 Å². The third-order valence-corrected chi connectivity index (χ3v) is 8.77. The van der Waals surface area contributed by atoms with Gasteiger partial charge in [-0.1, -0.05) is 19.4 Å². The molecule has 3 aliphatic carbocycles. The molecule has 0 amide bonds. The van der Waals surface area contributed by atoms with E-state index >= 15 is 0 Å². The van der Waals surface area contributed by atoms with Crippen molar-refractivity contribution in [1.29, 1.82) is 0 Å². The maximum Gasteiger partial charge on any atom is 0.119 e. The molecule has 5 rings (SSSR count). The van der Waals surface area contributed by atoms with Gasteiger partial charge in [-0.3, -0.25) is 4.90 Å². The van der Waals surface area contributed by atoms with Crippen LogP contribution in [0.3, 0.4) is 0 Å². The average Bonchev–Trinajstić information content (AvgIpc) is 3.03. The highest BCUT2D eigenvalue weighted by Crippen LogP contribution is 2.60. The summed E-state index contributed by atoms with van der Waals surface area (Å²) in [5.74, 6) is 3.25. The number of piperidine rings is 1. The Labute approximate surface area is 170 Å². The first kappa shape index (κ1) is 18.9. The summed E-state index contributed by atoms with van der Waals surface area (Å²) in [5, 5.41) is 10.6. The van der Waals surface area contributed by atoms with E-state index in [1.807, 2.05) is 0 Å². The van der Waals surface area contributed by atoms with Gasteiger partial charge in [0.1, 0.15) is 12.4 Å². The van der Waals surface area contributed by atoms with Gasteiger partial charge in [-0.2, -0.15) is 0 Å². The molecule has 2 saturated carbocycles. The van der Waals surface area contributed by atoms with Crippen LogP contribution in [0.5, 0.6) is 5.75 Å². The highest BCUT2D eigenvalue weighted by Gasteiger charge is 2.54. The lowest BCUT2D eigenvalue weighted by Crippen LogP contribution is -2.43. The zero-order valence-electron chi connectivity index (χ0n) is 17.5. The second-order valence-corrected chi connectivity index (χ2v) is 10.2. The molecule has 4 aliphatic rings. The SMILES string of the molecule is C[C@]12CC[C@@H]3c4ccc(OCCN5CCCCC5)cc4CC[C@H]3[C@@H]1CC[C@@H]2O. The van der Waals surface area contributed by atoms with Crippen molar-refractivity contribution in [2.45, 2.75) is 76.7 Å². The van der Waals surface area contributed by atoms with Crippen LogP contribution in [0, 0.1) is 17.3 Å². The number of nitrogens with zero attached hydrogens (tertiary/aromatic N) is 1. The van der Waals surface area contributed by atoms with Crippen molar-refractivity contribution >= 4 is 0 Å². The first-order valence-corrected chi connectivity index (χ1v) is 11.8. The topological polar surface area (TPSA) is 32.7 Å². The van der Waals surface area contributed by atoms with Crippen LogP contribution in [0.1, 0.15) is 75.3 Å². The molecule has 3 nitrogen and oxygen atoms in total. The number of rotatable bonds is 4. The van der Waals surface area contributed by atoms with E-state index in [1.165, 1.54) is 70.0 Å². The van der Waals surface area contributed by atoms with Crippen LogP contribution in [0.15, 0.2) is 18.2 Å². The molecule has 1 aliphatic heterocycles. The Morgan fingerprint density at radius 3 is 2.82 bits per heavy atom. The average molecular weight is 384 g/mol. The molecular weight excluding hydrogens is 346 g/mol. The third kappa shape index (κ3) is 3.29. The summed E-state index contributed by atoms with van der Waals surface area (Å²) in [5.41, 5.74) is 3.29. The molecule has 0 bridgehead atoms. The van der Waals surface area contributed by atoms with E-state index in [4.69, 9.17) is 4.74 Å². The molecule has 1 saturated heterocycles. The van der Waals surface area contributed by atoms with Gasteiger partial charge >= 0.3 is 0 Å². The van der Waals surface area contributed by atoms with Crippen molar-refractivity contribution in [3.05, 3.63) is 29.3 Å². The Hall–Kier alpha value is -1.06. The predicted molar refractivity (Wildman–Crippen MR) is 113 cm³/mol. The normalized spacial score (nSPS) is 37.8. The largest absolute Gasteiger partial charge is 0.492 e. The number of aryl methyl sites for hydroxylation is 1. The molecular formula is C25H37NO2. The van der Waals surface area contributed by atoms with Gasteiger partial charge in [-0.25, -0.2) is 0 Å². The summed E-state index contributed by atoms with van der Waals surface area (Å²) >= 11 is 0. The number of aliphatic hydroxyl groups excluding tert-OH is 1. The molecule has 1 aromatic rings. The first-order valence-electron chi connectivity index (χ1n) is 11.8. The van der Waals surface area contributed by atoms with Gasteiger partial charge < -0.3 is 9.84 Å². The molecule has 1 heterocycles. The quantitative estimate of drug-likeness (QED) is 0.813. The molecule has 5 atom stereocenters. The summed E-state index contributed by atoms with van der Waals surface area (Å²) in [6.07, 6.45) is 11.2.